The minimum atomic E-state index is -0.136. The lowest BCUT2D eigenvalue weighted by molar-refractivity contribution is -0.135. The van der Waals surface area contributed by atoms with Crippen LogP contribution in [0.4, 0.5) is 0 Å². The van der Waals surface area contributed by atoms with Gasteiger partial charge in [-0.25, -0.2) is 0 Å². The van der Waals surface area contributed by atoms with Crippen LogP contribution in [0.2, 0.25) is 0 Å². The maximum Gasteiger partial charge on any atom is 0.225 e. The van der Waals surface area contributed by atoms with E-state index in [1.165, 1.54) is 12.8 Å². The molecule has 2 atom stereocenters. The van der Waals surface area contributed by atoms with Gasteiger partial charge in [-0.3, -0.25) is 4.79 Å². The van der Waals surface area contributed by atoms with Crippen LogP contribution in [0.1, 0.15) is 39.0 Å². The Morgan fingerprint density at radius 2 is 2.25 bits per heavy atom. The summed E-state index contributed by atoms with van der Waals surface area (Å²) < 4.78 is 5.15. The van der Waals surface area contributed by atoms with Crippen molar-refractivity contribution in [1.29, 1.82) is 0 Å². The minimum absolute atomic E-state index is 0.136. The van der Waals surface area contributed by atoms with E-state index in [2.05, 4.69) is 6.92 Å². The number of nitrogens with zero attached hydrogens (tertiary/aromatic N) is 1. The fraction of sp³-hybridized carbons (Fsp3) is 0.917. The Labute approximate surface area is 98.1 Å². The second-order valence-electron chi connectivity index (χ2n) is 4.58. The van der Waals surface area contributed by atoms with Crippen molar-refractivity contribution in [3.63, 3.8) is 0 Å². The molecule has 1 aliphatic rings. The van der Waals surface area contributed by atoms with Crippen LogP contribution in [0, 0.1) is 0 Å². The van der Waals surface area contributed by atoms with E-state index < -0.39 is 0 Å². The summed E-state index contributed by atoms with van der Waals surface area (Å²) in [6.07, 6.45) is 4.98. The summed E-state index contributed by atoms with van der Waals surface area (Å²) in [6.45, 7) is 3.43. The highest BCUT2D eigenvalue weighted by molar-refractivity contribution is 5.77. The van der Waals surface area contributed by atoms with Gasteiger partial charge in [-0.05, 0) is 19.8 Å². The first-order valence-corrected chi connectivity index (χ1v) is 6.21. The third-order valence-corrected chi connectivity index (χ3v) is 3.37. The molecule has 0 bridgehead atoms. The molecule has 1 heterocycles. The Bertz CT molecular complexity index is 217. The molecule has 0 aromatic rings. The average Bonchev–Trinajstić information content (AvgIpc) is 2.50. The third-order valence-electron chi connectivity index (χ3n) is 3.37. The molecule has 0 saturated carbocycles. The van der Waals surface area contributed by atoms with E-state index in [0.717, 1.165) is 19.4 Å². The van der Waals surface area contributed by atoms with Gasteiger partial charge in [-0.1, -0.05) is 12.8 Å². The van der Waals surface area contributed by atoms with E-state index in [1.54, 1.807) is 7.11 Å². The van der Waals surface area contributed by atoms with Gasteiger partial charge in [-0.15, -0.1) is 0 Å². The number of ether oxygens (including phenoxy) is 1. The highest BCUT2D eigenvalue weighted by Gasteiger charge is 2.23. The van der Waals surface area contributed by atoms with Crippen molar-refractivity contribution < 1.29 is 9.53 Å². The topological polar surface area (TPSA) is 55.6 Å². The molecule has 0 radical (unpaired) electrons. The second-order valence-corrected chi connectivity index (χ2v) is 4.58. The van der Waals surface area contributed by atoms with Crippen molar-refractivity contribution in [2.45, 2.75) is 51.2 Å². The molecule has 4 heteroatoms. The van der Waals surface area contributed by atoms with Crippen molar-refractivity contribution in [2.24, 2.45) is 5.73 Å². The molecule has 1 rings (SSSR count). The summed E-state index contributed by atoms with van der Waals surface area (Å²) in [7, 11) is 1.61. The quantitative estimate of drug-likeness (QED) is 0.785. The number of nitrogens with two attached hydrogens (primary N) is 1. The number of rotatable bonds is 4. The molecule has 1 fully saturated rings. The number of carbonyl (C=O) groups is 1. The maximum atomic E-state index is 12.1. The molecule has 0 aromatic heterocycles. The molecule has 1 aliphatic heterocycles. The van der Waals surface area contributed by atoms with Gasteiger partial charge < -0.3 is 15.4 Å². The van der Waals surface area contributed by atoms with Gasteiger partial charge in [0.1, 0.15) is 0 Å². The summed E-state index contributed by atoms with van der Waals surface area (Å²) in [5.74, 6) is 0.187. The Kier molecular flexibility index (Phi) is 5.77. The highest BCUT2D eigenvalue weighted by Crippen LogP contribution is 2.17. The van der Waals surface area contributed by atoms with Gasteiger partial charge >= 0.3 is 0 Å². The van der Waals surface area contributed by atoms with Crippen LogP contribution in [-0.2, 0) is 9.53 Å². The van der Waals surface area contributed by atoms with E-state index in [-0.39, 0.29) is 12.0 Å². The van der Waals surface area contributed by atoms with Gasteiger partial charge in [-0.2, -0.15) is 0 Å². The molecule has 0 spiro atoms. The Morgan fingerprint density at radius 3 is 2.88 bits per heavy atom. The molecule has 0 aliphatic carbocycles. The lowest BCUT2D eigenvalue weighted by Gasteiger charge is -2.28. The summed E-state index contributed by atoms with van der Waals surface area (Å²) >= 11 is 0. The van der Waals surface area contributed by atoms with Crippen molar-refractivity contribution >= 4 is 5.91 Å². The predicted molar refractivity (Wildman–Crippen MR) is 64.1 cm³/mol. The smallest absolute Gasteiger partial charge is 0.225 e. The molecule has 1 amide bonds. The molecular weight excluding hydrogens is 204 g/mol. The standard InChI is InChI=1S/C12H24N2O2/c1-10-6-4-3-5-7-14(10)12(15)8-11(9-13)16-2/h10-11H,3-9,13H2,1-2H3. The van der Waals surface area contributed by atoms with Crippen LogP contribution in [0.15, 0.2) is 0 Å². The SMILES string of the molecule is COC(CN)CC(=O)N1CCCCCC1C. The monoisotopic (exact) mass is 228 g/mol. The Morgan fingerprint density at radius 1 is 1.50 bits per heavy atom. The van der Waals surface area contributed by atoms with Crippen LogP contribution < -0.4 is 5.73 Å². The fourth-order valence-electron chi connectivity index (χ4n) is 2.22. The van der Waals surface area contributed by atoms with Crippen molar-refractivity contribution in [3.8, 4) is 0 Å². The molecule has 0 aromatic carbocycles. The molecule has 2 unspecified atom stereocenters. The minimum Gasteiger partial charge on any atom is -0.380 e. The van der Waals surface area contributed by atoms with Gasteiger partial charge in [0.2, 0.25) is 5.91 Å². The Balaban J connectivity index is 2.50. The first-order chi connectivity index (χ1) is 7.69. The average molecular weight is 228 g/mol. The number of hydrogen-bond donors (Lipinski definition) is 1. The maximum absolute atomic E-state index is 12.1. The first-order valence-electron chi connectivity index (χ1n) is 6.21. The summed E-state index contributed by atoms with van der Waals surface area (Å²) in [6, 6.07) is 0.366. The zero-order valence-electron chi connectivity index (χ0n) is 10.4. The first kappa shape index (κ1) is 13.5. The van der Waals surface area contributed by atoms with Gasteiger partial charge in [0, 0.05) is 26.2 Å². The van der Waals surface area contributed by atoms with Gasteiger partial charge in [0.05, 0.1) is 12.5 Å². The van der Waals surface area contributed by atoms with Gasteiger partial charge in [0.15, 0.2) is 0 Å². The number of carbonyl (C=O) groups excluding carboxylic acids is 1. The zero-order chi connectivity index (χ0) is 12.0. The normalized spacial score (nSPS) is 23.9. The summed E-state index contributed by atoms with van der Waals surface area (Å²) in [4.78, 5) is 14.1. The molecule has 1 saturated heterocycles. The van der Waals surface area contributed by atoms with Gasteiger partial charge in [0.25, 0.3) is 0 Å². The van der Waals surface area contributed by atoms with Crippen molar-refractivity contribution in [3.05, 3.63) is 0 Å². The van der Waals surface area contributed by atoms with Crippen LogP contribution in [-0.4, -0.2) is 43.2 Å². The summed E-state index contributed by atoms with van der Waals surface area (Å²) in [5.41, 5.74) is 5.53. The number of methoxy groups -OCH3 is 1. The number of hydrogen-bond acceptors (Lipinski definition) is 3. The molecule has 4 nitrogen and oxygen atoms in total. The van der Waals surface area contributed by atoms with E-state index in [0.29, 0.717) is 19.0 Å². The summed E-state index contributed by atoms with van der Waals surface area (Å²) in [5, 5.41) is 0. The van der Waals surface area contributed by atoms with E-state index >= 15 is 0 Å². The van der Waals surface area contributed by atoms with Crippen molar-refractivity contribution in [2.75, 3.05) is 20.2 Å². The van der Waals surface area contributed by atoms with Crippen LogP contribution >= 0.6 is 0 Å². The molecule has 2 N–H and O–H groups in total. The molecule has 94 valence electrons. The lowest BCUT2D eigenvalue weighted by atomic mass is 10.1. The van der Waals surface area contributed by atoms with Crippen LogP contribution in [0.25, 0.3) is 0 Å². The van der Waals surface area contributed by atoms with E-state index in [1.807, 2.05) is 4.90 Å². The van der Waals surface area contributed by atoms with E-state index in [9.17, 15) is 4.79 Å². The molecular formula is C12H24N2O2. The van der Waals surface area contributed by atoms with Crippen molar-refractivity contribution in [1.82, 2.24) is 4.90 Å². The Hall–Kier alpha value is -0.610. The highest BCUT2D eigenvalue weighted by atomic mass is 16.5. The predicted octanol–water partition coefficient (Wildman–Crippen LogP) is 1.14. The second kappa shape index (κ2) is 6.86. The zero-order valence-corrected chi connectivity index (χ0v) is 10.4. The largest absolute Gasteiger partial charge is 0.380 e. The number of likely N-dealkylation sites (tertiary alicyclic amines) is 1. The fourth-order valence-corrected chi connectivity index (χ4v) is 2.22. The third kappa shape index (κ3) is 3.76. The lowest BCUT2D eigenvalue weighted by Crippen LogP contribution is -2.41. The van der Waals surface area contributed by atoms with Crippen LogP contribution in [0.5, 0.6) is 0 Å². The molecule has 16 heavy (non-hydrogen) atoms. The number of amides is 1. The van der Waals surface area contributed by atoms with E-state index in [4.69, 9.17) is 10.5 Å². The van der Waals surface area contributed by atoms with Crippen LogP contribution in [0.3, 0.4) is 0 Å².